The standard InChI is InChI=1S/C12H14N2OS2/c1-9-2-3-10(17-9)11(15)14-12(8-13)4-6-16-7-5-12/h2-3H,4-7H2,1H3,(H,14,15). The van der Waals surface area contributed by atoms with Crippen molar-refractivity contribution in [3.05, 3.63) is 21.9 Å². The average molecular weight is 266 g/mol. The van der Waals surface area contributed by atoms with Crippen LogP contribution in [0.1, 0.15) is 27.4 Å². The first kappa shape index (κ1) is 12.5. The first-order valence-corrected chi connectivity index (χ1v) is 7.50. The highest BCUT2D eigenvalue weighted by atomic mass is 32.2. The minimum atomic E-state index is -0.653. The van der Waals surface area contributed by atoms with Crippen LogP contribution in [0.3, 0.4) is 0 Å². The second kappa shape index (κ2) is 5.11. The summed E-state index contributed by atoms with van der Waals surface area (Å²) in [6.45, 7) is 1.97. The Morgan fingerprint density at radius 2 is 2.18 bits per heavy atom. The van der Waals surface area contributed by atoms with Crippen LogP contribution in [0.4, 0.5) is 0 Å². The van der Waals surface area contributed by atoms with Gasteiger partial charge in [0.25, 0.3) is 5.91 Å². The van der Waals surface area contributed by atoms with E-state index in [1.54, 1.807) is 0 Å². The lowest BCUT2D eigenvalue weighted by molar-refractivity contribution is 0.0919. The molecule has 0 aliphatic carbocycles. The van der Waals surface area contributed by atoms with Crippen molar-refractivity contribution in [2.45, 2.75) is 25.3 Å². The average Bonchev–Trinajstić information content (AvgIpc) is 2.77. The summed E-state index contributed by atoms with van der Waals surface area (Å²) in [6.07, 6.45) is 1.48. The number of aryl methyl sites for hydroxylation is 1. The Bertz CT molecular complexity index is 455. The van der Waals surface area contributed by atoms with E-state index in [1.807, 2.05) is 30.8 Å². The van der Waals surface area contributed by atoms with Gasteiger partial charge >= 0.3 is 0 Å². The molecule has 2 rings (SSSR count). The molecule has 2 heterocycles. The Balaban J connectivity index is 2.09. The molecular weight excluding hydrogens is 252 g/mol. The first-order valence-electron chi connectivity index (χ1n) is 5.53. The number of nitriles is 1. The fourth-order valence-corrected chi connectivity index (χ4v) is 3.77. The van der Waals surface area contributed by atoms with Crippen LogP contribution in [-0.4, -0.2) is 23.0 Å². The summed E-state index contributed by atoms with van der Waals surface area (Å²) in [5.74, 6) is 1.77. The van der Waals surface area contributed by atoms with Crippen LogP contribution in [-0.2, 0) is 0 Å². The van der Waals surface area contributed by atoms with Crippen molar-refractivity contribution >= 4 is 29.0 Å². The summed E-state index contributed by atoms with van der Waals surface area (Å²) in [4.78, 5) is 13.8. The number of hydrogen-bond donors (Lipinski definition) is 1. The number of carbonyl (C=O) groups excluding carboxylic acids is 1. The summed E-state index contributed by atoms with van der Waals surface area (Å²) >= 11 is 3.31. The summed E-state index contributed by atoms with van der Waals surface area (Å²) in [5, 5.41) is 12.2. The molecule has 0 bridgehead atoms. The molecule has 1 aromatic heterocycles. The maximum atomic E-state index is 12.0. The number of hydrogen-bond acceptors (Lipinski definition) is 4. The van der Waals surface area contributed by atoms with Crippen molar-refractivity contribution in [3.63, 3.8) is 0 Å². The van der Waals surface area contributed by atoms with Gasteiger partial charge in [-0.05, 0) is 43.4 Å². The van der Waals surface area contributed by atoms with Gasteiger partial charge in [-0.3, -0.25) is 4.79 Å². The molecule has 17 heavy (non-hydrogen) atoms. The zero-order valence-corrected chi connectivity index (χ0v) is 11.3. The number of nitrogens with zero attached hydrogens (tertiary/aromatic N) is 1. The van der Waals surface area contributed by atoms with E-state index in [1.165, 1.54) is 11.3 Å². The number of rotatable bonds is 2. The van der Waals surface area contributed by atoms with Gasteiger partial charge in [0, 0.05) is 4.88 Å². The molecule has 0 atom stereocenters. The van der Waals surface area contributed by atoms with E-state index in [0.717, 1.165) is 29.2 Å². The van der Waals surface area contributed by atoms with Crippen LogP contribution in [0, 0.1) is 18.3 Å². The SMILES string of the molecule is Cc1ccc(C(=O)NC2(C#N)CCSCC2)s1. The van der Waals surface area contributed by atoms with E-state index < -0.39 is 5.54 Å². The fraction of sp³-hybridized carbons (Fsp3) is 0.500. The molecule has 3 nitrogen and oxygen atoms in total. The number of carbonyl (C=O) groups is 1. The van der Waals surface area contributed by atoms with Crippen LogP contribution >= 0.6 is 23.1 Å². The van der Waals surface area contributed by atoms with Crippen LogP contribution in [0.5, 0.6) is 0 Å². The third kappa shape index (κ3) is 2.82. The summed E-state index contributed by atoms with van der Waals surface area (Å²) in [6, 6.07) is 6.03. The van der Waals surface area contributed by atoms with E-state index in [-0.39, 0.29) is 5.91 Å². The molecule has 1 aliphatic rings. The highest BCUT2D eigenvalue weighted by Gasteiger charge is 2.34. The third-order valence-electron chi connectivity index (χ3n) is 2.88. The van der Waals surface area contributed by atoms with Crippen molar-refractivity contribution in [1.29, 1.82) is 5.26 Å². The van der Waals surface area contributed by atoms with E-state index >= 15 is 0 Å². The second-order valence-corrected chi connectivity index (χ2v) is 6.68. The van der Waals surface area contributed by atoms with Gasteiger partial charge in [0.15, 0.2) is 0 Å². The fourth-order valence-electron chi connectivity index (χ4n) is 1.82. The van der Waals surface area contributed by atoms with Crippen molar-refractivity contribution in [3.8, 4) is 6.07 Å². The van der Waals surface area contributed by atoms with Crippen molar-refractivity contribution in [2.24, 2.45) is 0 Å². The van der Waals surface area contributed by atoms with Crippen molar-refractivity contribution < 1.29 is 4.79 Å². The predicted octanol–water partition coefficient (Wildman–Crippen LogP) is 2.58. The van der Waals surface area contributed by atoms with Crippen LogP contribution in [0.15, 0.2) is 12.1 Å². The van der Waals surface area contributed by atoms with E-state index in [4.69, 9.17) is 0 Å². The Labute approximate surface area is 109 Å². The molecule has 1 saturated heterocycles. The van der Waals surface area contributed by atoms with E-state index in [2.05, 4.69) is 11.4 Å². The molecule has 0 saturated carbocycles. The molecule has 90 valence electrons. The van der Waals surface area contributed by atoms with E-state index in [0.29, 0.717) is 4.88 Å². The largest absolute Gasteiger partial charge is 0.333 e. The molecule has 0 radical (unpaired) electrons. The van der Waals surface area contributed by atoms with Gasteiger partial charge < -0.3 is 5.32 Å². The molecule has 0 aromatic carbocycles. The first-order chi connectivity index (χ1) is 8.15. The number of nitrogens with one attached hydrogen (secondary N) is 1. The maximum Gasteiger partial charge on any atom is 0.262 e. The van der Waals surface area contributed by atoms with Crippen molar-refractivity contribution in [2.75, 3.05) is 11.5 Å². The van der Waals surface area contributed by atoms with Crippen LogP contribution < -0.4 is 5.32 Å². The molecule has 0 spiro atoms. The summed E-state index contributed by atoms with van der Waals surface area (Å²) in [5.41, 5.74) is -0.653. The Morgan fingerprint density at radius 3 is 2.71 bits per heavy atom. The molecule has 1 fully saturated rings. The number of amides is 1. The van der Waals surface area contributed by atoms with Gasteiger partial charge in [0.2, 0.25) is 0 Å². The predicted molar refractivity (Wildman–Crippen MR) is 71.4 cm³/mol. The topological polar surface area (TPSA) is 52.9 Å². The van der Waals surface area contributed by atoms with Gasteiger partial charge in [-0.1, -0.05) is 0 Å². The van der Waals surface area contributed by atoms with Gasteiger partial charge in [0.05, 0.1) is 10.9 Å². The zero-order chi connectivity index (χ0) is 12.3. The lowest BCUT2D eigenvalue weighted by Crippen LogP contribution is -2.49. The molecule has 1 aliphatic heterocycles. The molecule has 5 heteroatoms. The van der Waals surface area contributed by atoms with Gasteiger partial charge in [-0.15, -0.1) is 11.3 Å². The van der Waals surface area contributed by atoms with Crippen LogP contribution in [0.2, 0.25) is 0 Å². The zero-order valence-electron chi connectivity index (χ0n) is 9.66. The third-order valence-corrected chi connectivity index (χ3v) is 4.86. The van der Waals surface area contributed by atoms with Crippen LogP contribution in [0.25, 0.3) is 0 Å². The quantitative estimate of drug-likeness (QED) is 0.895. The minimum Gasteiger partial charge on any atom is -0.333 e. The monoisotopic (exact) mass is 266 g/mol. The lowest BCUT2D eigenvalue weighted by atomic mass is 9.94. The molecule has 1 N–H and O–H groups in total. The molecular formula is C12H14N2OS2. The normalized spacial score (nSPS) is 18.4. The number of thioether (sulfide) groups is 1. The maximum absolute atomic E-state index is 12.0. The Hall–Kier alpha value is -0.990. The lowest BCUT2D eigenvalue weighted by Gasteiger charge is -2.30. The van der Waals surface area contributed by atoms with Crippen molar-refractivity contribution in [1.82, 2.24) is 5.32 Å². The molecule has 0 unspecified atom stereocenters. The molecule has 1 amide bonds. The summed E-state index contributed by atoms with van der Waals surface area (Å²) < 4.78 is 0. The minimum absolute atomic E-state index is 0.114. The second-order valence-electron chi connectivity index (χ2n) is 4.17. The Morgan fingerprint density at radius 1 is 1.47 bits per heavy atom. The molecule has 1 aromatic rings. The van der Waals surface area contributed by atoms with E-state index in [9.17, 15) is 10.1 Å². The summed E-state index contributed by atoms with van der Waals surface area (Å²) in [7, 11) is 0. The van der Waals surface area contributed by atoms with Gasteiger partial charge in [-0.2, -0.15) is 17.0 Å². The van der Waals surface area contributed by atoms with Gasteiger partial charge in [-0.25, -0.2) is 0 Å². The Kier molecular flexibility index (Phi) is 3.75. The number of thiophene rings is 1. The highest BCUT2D eigenvalue weighted by Crippen LogP contribution is 2.27. The smallest absolute Gasteiger partial charge is 0.262 e. The highest BCUT2D eigenvalue weighted by molar-refractivity contribution is 7.99. The van der Waals surface area contributed by atoms with Gasteiger partial charge in [0.1, 0.15) is 5.54 Å².